The van der Waals surface area contributed by atoms with Crippen LogP contribution in [0.2, 0.25) is 0 Å². The van der Waals surface area contributed by atoms with Crippen molar-refractivity contribution < 1.29 is 0 Å². The second-order valence-corrected chi connectivity index (χ2v) is 6.56. The molecule has 98 valence electrons. The highest BCUT2D eigenvalue weighted by molar-refractivity contribution is 7.09. The Morgan fingerprint density at radius 3 is 3.06 bits per heavy atom. The molecule has 3 rings (SSSR count). The number of hydrogen-bond acceptors (Lipinski definition) is 5. The molecule has 0 saturated carbocycles. The number of likely N-dealkylation sites (N-methyl/N-ethyl adjacent to an activating group) is 1. The number of aliphatic imine (C=N–C) groups is 1. The third-order valence-electron chi connectivity index (χ3n) is 4.25. The van der Waals surface area contributed by atoms with Crippen LogP contribution in [-0.2, 0) is 6.54 Å². The van der Waals surface area contributed by atoms with Gasteiger partial charge in [0.05, 0.1) is 18.6 Å². The van der Waals surface area contributed by atoms with Gasteiger partial charge in [-0.25, -0.2) is 0 Å². The number of thiophene rings is 1. The normalized spacial score (nSPS) is 32.4. The van der Waals surface area contributed by atoms with E-state index in [1.807, 2.05) is 0 Å². The largest absolute Gasteiger partial charge is 0.370 e. The highest BCUT2D eigenvalue weighted by Gasteiger charge is 2.48. The summed E-state index contributed by atoms with van der Waals surface area (Å²) in [5.74, 6) is 0.714. The van der Waals surface area contributed by atoms with Gasteiger partial charge in [0, 0.05) is 17.5 Å². The SMILES string of the molecule is CC1CC2(CN=C(N)N2Cc2cccs2)CN1C. The topological polar surface area (TPSA) is 44.9 Å². The zero-order valence-corrected chi connectivity index (χ0v) is 11.8. The van der Waals surface area contributed by atoms with Gasteiger partial charge in [0.1, 0.15) is 0 Å². The lowest BCUT2D eigenvalue weighted by atomic mass is 9.95. The van der Waals surface area contributed by atoms with Gasteiger partial charge in [-0.1, -0.05) is 6.07 Å². The second kappa shape index (κ2) is 4.24. The Balaban J connectivity index is 1.83. The quantitative estimate of drug-likeness (QED) is 0.877. The van der Waals surface area contributed by atoms with Crippen molar-refractivity contribution in [2.45, 2.75) is 31.5 Å². The van der Waals surface area contributed by atoms with E-state index >= 15 is 0 Å². The van der Waals surface area contributed by atoms with E-state index in [0.29, 0.717) is 12.0 Å². The number of hydrogen-bond donors (Lipinski definition) is 1. The van der Waals surface area contributed by atoms with E-state index in [4.69, 9.17) is 5.73 Å². The van der Waals surface area contributed by atoms with Crippen molar-refractivity contribution in [3.05, 3.63) is 22.4 Å². The minimum atomic E-state index is 0.127. The van der Waals surface area contributed by atoms with Crippen molar-refractivity contribution in [1.29, 1.82) is 0 Å². The summed E-state index contributed by atoms with van der Waals surface area (Å²) >= 11 is 1.79. The summed E-state index contributed by atoms with van der Waals surface area (Å²) in [5.41, 5.74) is 6.23. The molecule has 2 atom stereocenters. The molecular weight excluding hydrogens is 244 g/mol. The fourth-order valence-electron chi connectivity index (χ4n) is 3.15. The molecule has 0 bridgehead atoms. The summed E-state index contributed by atoms with van der Waals surface area (Å²) in [7, 11) is 2.19. The first-order valence-corrected chi connectivity index (χ1v) is 7.29. The van der Waals surface area contributed by atoms with E-state index in [0.717, 1.165) is 26.1 Å². The van der Waals surface area contributed by atoms with Gasteiger partial charge in [-0.15, -0.1) is 11.3 Å². The van der Waals surface area contributed by atoms with Gasteiger partial charge in [-0.3, -0.25) is 4.99 Å². The number of nitrogens with two attached hydrogens (primary N) is 1. The van der Waals surface area contributed by atoms with Crippen molar-refractivity contribution in [3.63, 3.8) is 0 Å². The Morgan fingerprint density at radius 1 is 1.61 bits per heavy atom. The molecule has 2 aliphatic rings. The lowest BCUT2D eigenvalue weighted by Gasteiger charge is -2.35. The van der Waals surface area contributed by atoms with Crippen LogP contribution in [0.5, 0.6) is 0 Å². The fourth-order valence-corrected chi connectivity index (χ4v) is 3.84. The summed E-state index contributed by atoms with van der Waals surface area (Å²) in [6.07, 6.45) is 1.15. The minimum Gasteiger partial charge on any atom is -0.370 e. The van der Waals surface area contributed by atoms with Crippen molar-refractivity contribution in [2.24, 2.45) is 10.7 Å². The predicted octanol–water partition coefficient (Wildman–Crippen LogP) is 1.34. The highest BCUT2D eigenvalue weighted by Crippen LogP contribution is 2.36. The van der Waals surface area contributed by atoms with Crippen molar-refractivity contribution >= 4 is 17.3 Å². The minimum absolute atomic E-state index is 0.127. The van der Waals surface area contributed by atoms with Crippen LogP contribution in [0.15, 0.2) is 22.5 Å². The first-order valence-electron chi connectivity index (χ1n) is 6.41. The van der Waals surface area contributed by atoms with Crippen LogP contribution in [-0.4, -0.2) is 47.5 Å². The number of likely N-dealkylation sites (tertiary alicyclic amines) is 1. The molecule has 1 aromatic heterocycles. The maximum atomic E-state index is 6.10. The zero-order chi connectivity index (χ0) is 12.8. The Hall–Kier alpha value is -1.07. The third-order valence-corrected chi connectivity index (χ3v) is 5.11. The van der Waals surface area contributed by atoms with E-state index in [9.17, 15) is 0 Å². The lowest BCUT2D eigenvalue weighted by molar-refractivity contribution is 0.199. The molecule has 0 radical (unpaired) electrons. The number of rotatable bonds is 2. The molecule has 2 N–H and O–H groups in total. The highest BCUT2D eigenvalue weighted by atomic mass is 32.1. The molecule has 2 aliphatic heterocycles. The molecule has 1 spiro atoms. The summed E-state index contributed by atoms with van der Waals surface area (Å²) in [4.78, 5) is 10.6. The van der Waals surface area contributed by atoms with Gasteiger partial charge in [-0.05, 0) is 31.8 Å². The maximum absolute atomic E-state index is 6.10. The third kappa shape index (κ3) is 1.82. The van der Waals surface area contributed by atoms with Gasteiger partial charge in [0.25, 0.3) is 0 Å². The van der Waals surface area contributed by atoms with E-state index < -0.39 is 0 Å². The van der Waals surface area contributed by atoms with Crippen molar-refractivity contribution in [2.75, 3.05) is 20.1 Å². The van der Waals surface area contributed by atoms with E-state index in [2.05, 4.69) is 46.3 Å². The van der Waals surface area contributed by atoms with E-state index in [1.165, 1.54) is 4.88 Å². The lowest BCUT2D eigenvalue weighted by Crippen LogP contribution is -2.52. The Kier molecular flexibility index (Phi) is 2.83. The molecule has 1 saturated heterocycles. The monoisotopic (exact) mass is 264 g/mol. The number of nitrogens with zero attached hydrogens (tertiary/aromatic N) is 3. The maximum Gasteiger partial charge on any atom is 0.192 e. The first-order chi connectivity index (χ1) is 8.61. The van der Waals surface area contributed by atoms with Gasteiger partial charge in [0.2, 0.25) is 0 Å². The average molecular weight is 264 g/mol. The summed E-state index contributed by atoms with van der Waals surface area (Å²) < 4.78 is 0. The molecule has 1 fully saturated rings. The fraction of sp³-hybridized carbons (Fsp3) is 0.615. The second-order valence-electron chi connectivity index (χ2n) is 5.53. The molecule has 2 unspecified atom stereocenters. The molecule has 5 heteroatoms. The Labute approximate surface area is 112 Å². The van der Waals surface area contributed by atoms with Gasteiger partial charge in [0.15, 0.2) is 5.96 Å². The molecule has 1 aromatic rings. The van der Waals surface area contributed by atoms with Crippen LogP contribution < -0.4 is 5.73 Å². The summed E-state index contributed by atoms with van der Waals surface area (Å²) in [6, 6.07) is 4.88. The van der Waals surface area contributed by atoms with E-state index in [-0.39, 0.29) is 5.54 Å². The van der Waals surface area contributed by atoms with Gasteiger partial charge in [-0.2, -0.15) is 0 Å². The van der Waals surface area contributed by atoms with Crippen molar-refractivity contribution in [3.8, 4) is 0 Å². The molecule has 18 heavy (non-hydrogen) atoms. The average Bonchev–Trinajstić information content (AvgIpc) is 2.99. The van der Waals surface area contributed by atoms with Gasteiger partial charge < -0.3 is 15.5 Å². The van der Waals surface area contributed by atoms with Crippen LogP contribution in [0, 0.1) is 0 Å². The van der Waals surface area contributed by atoms with Crippen LogP contribution in [0.1, 0.15) is 18.2 Å². The molecule has 4 nitrogen and oxygen atoms in total. The molecule has 0 amide bonds. The van der Waals surface area contributed by atoms with E-state index in [1.54, 1.807) is 11.3 Å². The van der Waals surface area contributed by atoms with Crippen molar-refractivity contribution in [1.82, 2.24) is 9.80 Å². The Bertz CT molecular complexity index is 444. The summed E-state index contributed by atoms with van der Waals surface area (Å²) in [6.45, 7) is 5.09. The molecular formula is C13H20N4S. The smallest absolute Gasteiger partial charge is 0.192 e. The zero-order valence-electron chi connectivity index (χ0n) is 11.0. The van der Waals surface area contributed by atoms with Gasteiger partial charge >= 0.3 is 0 Å². The van der Waals surface area contributed by atoms with Crippen LogP contribution >= 0.6 is 11.3 Å². The first kappa shape index (κ1) is 12.0. The number of guanidine groups is 1. The standard InChI is InChI=1S/C13H20N4S/c1-10-6-13(9-16(10)2)8-15-12(14)17(13)7-11-4-3-5-18-11/h3-5,10H,6-9H2,1-2H3,(H2,14,15). The molecule has 0 aliphatic carbocycles. The van der Waals surface area contributed by atoms with Crippen LogP contribution in [0.4, 0.5) is 0 Å². The Morgan fingerprint density at radius 2 is 2.44 bits per heavy atom. The molecule has 0 aromatic carbocycles. The summed E-state index contributed by atoms with van der Waals surface area (Å²) in [5, 5.41) is 2.12. The van der Waals surface area contributed by atoms with Crippen LogP contribution in [0.25, 0.3) is 0 Å². The molecule has 3 heterocycles. The predicted molar refractivity (Wildman–Crippen MR) is 75.8 cm³/mol. The van der Waals surface area contributed by atoms with Crippen LogP contribution in [0.3, 0.4) is 0 Å².